The maximum absolute atomic E-state index is 12.7. The summed E-state index contributed by atoms with van der Waals surface area (Å²) in [5, 5.41) is 0.579. The van der Waals surface area contributed by atoms with Crippen LogP contribution >= 0.6 is 11.6 Å². The van der Waals surface area contributed by atoms with Crippen LogP contribution in [-0.4, -0.2) is 13.4 Å². The van der Waals surface area contributed by atoms with E-state index in [0.29, 0.717) is 10.6 Å². The van der Waals surface area contributed by atoms with E-state index in [1.807, 2.05) is 0 Å². The lowest BCUT2D eigenvalue weighted by atomic mass is 10.1. The van der Waals surface area contributed by atoms with E-state index in [1.54, 1.807) is 42.5 Å². The lowest BCUT2D eigenvalue weighted by molar-refractivity contribution is 0.595. The molecule has 0 radical (unpaired) electrons. The summed E-state index contributed by atoms with van der Waals surface area (Å²) in [4.78, 5) is 14.3. The summed E-state index contributed by atoms with van der Waals surface area (Å²) in [5.41, 5.74) is 0.706. The van der Waals surface area contributed by atoms with Crippen molar-refractivity contribution >= 4 is 21.4 Å². The van der Waals surface area contributed by atoms with Crippen LogP contribution in [0, 0.1) is 0 Å². The maximum atomic E-state index is 12.7. The highest BCUT2D eigenvalue weighted by molar-refractivity contribution is 7.91. The van der Waals surface area contributed by atoms with E-state index in [-0.39, 0.29) is 9.79 Å². The van der Waals surface area contributed by atoms with E-state index in [4.69, 9.17) is 11.6 Å². The molecule has 0 aliphatic heterocycles. The normalized spacial score (nSPS) is 11.3. The van der Waals surface area contributed by atoms with E-state index in [2.05, 4.69) is 4.98 Å². The molecular weight excluding hydrogens is 334 g/mol. The van der Waals surface area contributed by atoms with Crippen molar-refractivity contribution in [2.75, 3.05) is 0 Å². The fourth-order valence-corrected chi connectivity index (χ4v) is 3.68. The van der Waals surface area contributed by atoms with Crippen LogP contribution in [0.25, 0.3) is 11.1 Å². The van der Waals surface area contributed by atoms with Crippen LogP contribution in [0.2, 0.25) is 5.02 Å². The lowest BCUT2D eigenvalue weighted by Crippen LogP contribution is -2.17. The highest BCUT2D eigenvalue weighted by Crippen LogP contribution is 2.24. The Balaban J connectivity index is 2.16. The third-order valence-electron chi connectivity index (χ3n) is 3.39. The molecule has 0 spiro atoms. The van der Waals surface area contributed by atoms with Gasteiger partial charge in [-0.25, -0.2) is 8.42 Å². The number of nitrogens with one attached hydrogen (secondary N) is 1. The topological polar surface area (TPSA) is 67.0 Å². The second kappa shape index (κ2) is 6.02. The number of rotatable bonds is 3. The molecule has 0 saturated carbocycles. The molecule has 1 aromatic heterocycles. The average molecular weight is 346 g/mol. The van der Waals surface area contributed by atoms with Crippen LogP contribution in [0.3, 0.4) is 0 Å². The number of halogens is 1. The molecule has 0 aliphatic carbocycles. The monoisotopic (exact) mass is 345 g/mol. The molecule has 0 atom stereocenters. The Morgan fingerprint density at radius 3 is 2.17 bits per heavy atom. The molecule has 2 aromatic carbocycles. The van der Waals surface area contributed by atoms with Crippen LogP contribution in [0.15, 0.2) is 81.4 Å². The first-order chi connectivity index (χ1) is 11.0. The van der Waals surface area contributed by atoms with Crippen molar-refractivity contribution in [3.63, 3.8) is 0 Å². The maximum Gasteiger partial charge on any atom is 0.267 e. The minimum Gasteiger partial charge on any atom is -0.327 e. The van der Waals surface area contributed by atoms with Crippen molar-refractivity contribution in [3.8, 4) is 11.1 Å². The predicted molar refractivity (Wildman–Crippen MR) is 89.4 cm³/mol. The highest BCUT2D eigenvalue weighted by atomic mass is 35.5. The first kappa shape index (κ1) is 15.5. The number of hydrogen-bond donors (Lipinski definition) is 1. The Kier molecular flexibility index (Phi) is 4.07. The van der Waals surface area contributed by atoms with Gasteiger partial charge in [0.2, 0.25) is 9.84 Å². The summed E-state index contributed by atoms with van der Waals surface area (Å²) >= 11 is 5.85. The average Bonchev–Trinajstić information content (AvgIpc) is 2.57. The van der Waals surface area contributed by atoms with Gasteiger partial charge in [-0.15, -0.1) is 0 Å². The summed E-state index contributed by atoms with van der Waals surface area (Å²) in [7, 11) is -3.88. The SMILES string of the molecule is O=c1[nH]cc(-c2ccc(Cl)cc2)cc1S(=O)(=O)c1ccccc1. The Hall–Kier alpha value is -2.37. The van der Waals surface area contributed by atoms with Crippen molar-refractivity contribution in [1.82, 2.24) is 4.98 Å². The molecular formula is C17H12ClNO3S. The Labute approximate surface area is 138 Å². The van der Waals surface area contributed by atoms with Gasteiger partial charge in [-0.3, -0.25) is 4.79 Å². The summed E-state index contributed by atoms with van der Waals surface area (Å²) in [5.74, 6) is 0. The fraction of sp³-hybridized carbons (Fsp3) is 0. The van der Waals surface area contributed by atoms with Crippen LogP contribution < -0.4 is 5.56 Å². The van der Waals surface area contributed by atoms with Crippen molar-refractivity contribution < 1.29 is 8.42 Å². The molecule has 1 N–H and O–H groups in total. The van der Waals surface area contributed by atoms with Gasteiger partial charge in [0, 0.05) is 11.2 Å². The van der Waals surface area contributed by atoms with Crippen LogP contribution in [0.4, 0.5) is 0 Å². The third kappa shape index (κ3) is 3.06. The summed E-state index contributed by atoms with van der Waals surface area (Å²) in [6.07, 6.45) is 1.48. The van der Waals surface area contributed by atoms with Gasteiger partial charge in [0.15, 0.2) is 0 Å². The largest absolute Gasteiger partial charge is 0.327 e. The first-order valence-electron chi connectivity index (χ1n) is 6.77. The molecule has 116 valence electrons. The van der Waals surface area contributed by atoms with Crippen molar-refractivity contribution in [1.29, 1.82) is 0 Å². The van der Waals surface area contributed by atoms with Crippen LogP contribution in [-0.2, 0) is 9.84 Å². The van der Waals surface area contributed by atoms with Gasteiger partial charge in [-0.05, 0) is 41.5 Å². The highest BCUT2D eigenvalue weighted by Gasteiger charge is 2.21. The number of hydrogen-bond acceptors (Lipinski definition) is 3. The second-order valence-electron chi connectivity index (χ2n) is 4.91. The van der Waals surface area contributed by atoms with Gasteiger partial charge < -0.3 is 4.98 Å². The zero-order chi connectivity index (χ0) is 16.4. The van der Waals surface area contributed by atoms with Gasteiger partial charge >= 0.3 is 0 Å². The van der Waals surface area contributed by atoms with Crippen molar-refractivity contribution in [2.24, 2.45) is 0 Å². The fourth-order valence-electron chi connectivity index (χ4n) is 2.20. The smallest absolute Gasteiger partial charge is 0.267 e. The molecule has 0 aliphatic rings. The molecule has 3 rings (SSSR count). The van der Waals surface area contributed by atoms with E-state index >= 15 is 0 Å². The molecule has 0 bridgehead atoms. The third-order valence-corrected chi connectivity index (χ3v) is 5.42. The van der Waals surface area contributed by atoms with E-state index in [9.17, 15) is 13.2 Å². The summed E-state index contributed by atoms with van der Waals surface area (Å²) < 4.78 is 25.3. The van der Waals surface area contributed by atoms with Gasteiger partial charge in [-0.1, -0.05) is 41.9 Å². The summed E-state index contributed by atoms with van der Waals surface area (Å²) in [6.45, 7) is 0. The molecule has 3 aromatic rings. The van der Waals surface area contributed by atoms with E-state index < -0.39 is 15.4 Å². The van der Waals surface area contributed by atoms with Gasteiger partial charge in [0.25, 0.3) is 5.56 Å². The van der Waals surface area contributed by atoms with Gasteiger partial charge in [-0.2, -0.15) is 0 Å². The molecule has 6 heteroatoms. The minimum atomic E-state index is -3.88. The Morgan fingerprint density at radius 1 is 0.870 bits per heavy atom. The molecule has 1 heterocycles. The molecule has 0 unspecified atom stereocenters. The molecule has 0 amide bonds. The zero-order valence-corrected chi connectivity index (χ0v) is 13.4. The number of sulfone groups is 1. The van der Waals surface area contributed by atoms with Gasteiger partial charge in [0.1, 0.15) is 4.90 Å². The quantitative estimate of drug-likeness (QED) is 0.789. The van der Waals surface area contributed by atoms with Gasteiger partial charge in [0.05, 0.1) is 4.90 Å². The van der Waals surface area contributed by atoms with Crippen LogP contribution in [0.5, 0.6) is 0 Å². The molecule has 4 nitrogen and oxygen atoms in total. The minimum absolute atomic E-state index is 0.0822. The second-order valence-corrected chi connectivity index (χ2v) is 7.26. The standard InChI is InChI=1S/C17H12ClNO3S/c18-14-8-6-12(7-9-14)13-10-16(17(20)19-11-13)23(21,22)15-4-2-1-3-5-15/h1-11H,(H,19,20). The summed E-state index contributed by atoms with van der Waals surface area (Å²) in [6, 6.07) is 16.2. The Morgan fingerprint density at radius 2 is 1.52 bits per heavy atom. The number of aromatic amines is 1. The van der Waals surface area contributed by atoms with Crippen LogP contribution in [0.1, 0.15) is 0 Å². The predicted octanol–water partition coefficient (Wildman–Crippen LogP) is 3.53. The molecule has 0 fully saturated rings. The zero-order valence-electron chi connectivity index (χ0n) is 11.9. The number of aromatic nitrogens is 1. The van der Waals surface area contributed by atoms with Crippen molar-refractivity contribution in [2.45, 2.75) is 9.79 Å². The number of H-pyrrole nitrogens is 1. The van der Waals surface area contributed by atoms with Crippen molar-refractivity contribution in [3.05, 3.63) is 82.2 Å². The first-order valence-corrected chi connectivity index (χ1v) is 8.63. The van der Waals surface area contributed by atoms with E-state index in [1.165, 1.54) is 24.4 Å². The van der Waals surface area contributed by atoms with E-state index in [0.717, 1.165) is 5.56 Å². The number of benzene rings is 2. The lowest BCUT2D eigenvalue weighted by Gasteiger charge is -2.07. The molecule has 0 saturated heterocycles. The Bertz CT molecular complexity index is 994. The molecule has 23 heavy (non-hydrogen) atoms. The number of pyridine rings is 1.